The molecule has 3 nitrogen and oxygen atoms in total. The molecular formula is C15H22O3. The predicted octanol–water partition coefficient (Wildman–Crippen LogP) is 2.27. The summed E-state index contributed by atoms with van der Waals surface area (Å²) >= 11 is 0. The lowest BCUT2D eigenvalue weighted by atomic mass is 9.83. The monoisotopic (exact) mass is 250 g/mol. The van der Waals surface area contributed by atoms with Gasteiger partial charge in [0.2, 0.25) is 0 Å². The van der Waals surface area contributed by atoms with Crippen molar-refractivity contribution in [3.63, 3.8) is 0 Å². The van der Waals surface area contributed by atoms with Crippen LogP contribution in [0.5, 0.6) is 5.75 Å². The molecule has 2 rings (SSSR count). The highest BCUT2D eigenvalue weighted by atomic mass is 16.5. The Morgan fingerprint density at radius 3 is 3.06 bits per heavy atom. The van der Waals surface area contributed by atoms with Crippen molar-refractivity contribution in [3.05, 3.63) is 29.8 Å². The molecule has 0 spiro atoms. The molecule has 0 aromatic heterocycles. The standard InChI is InChI=1S/C15H22O3/c1-11-10-18-7-6-14(11)15(16)9-12-4-3-5-13(8-12)17-2/h3-5,8,11,14-16H,6-7,9-10H2,1-2H3. The summed E-state index contributed by atoms with van der Waals surface area (Å²) in [5, 5.41) is 10.4. The van der Waals surface area contributed by atoms with Crippen molar-refractivity contribution in [1.82, 2.24) is 0 Å². The highest BCUT2D eigenvalue weighted by Crippen LogP contribution is 2.27. The molecule has 1 N–H and O–H groups in total. The fraction of sp³-hybridized carbons (Fsp3) is 0.600. The SMILES string of the molecule is COc1cccc(CC(O)C2CCOCC2C)c1. The van der Waals surface area contributed by atoms with Gasteiger partial charge in [-0.25, -0.2) is 0 Å². The molecule has 0 radical (unpaired) electrons. The van der Waals surface area contributed by atoms with Gasteiger partial charge in [0, 0.05) is 13.2 Å². The molecule has 0 aliphatic carbocycles. The van der Waals surface area contributed by atoms with Gasteiger partial charge in [0.15, 0.2) is 0 Å². The van der Waals surface area contributed by atoms with E-state index in [2.05, 4.69) is 6.92 Å². The van der Waals surface area contributed by atoms with Crippen molar-refractivity contribution in [3.8, 4) is 5.75 Å². The fourth-order valence-corrected chi connectivity index (χ4v) is 2.66. The van der Waals surface area contributed by atoms with Crippen LogP contribution in [-0.2, 0) is 11.2 Å². The lowest BCUT2D eigenvalue weighted by Crippen LogP contribution is -2.35. The minimum absolute atomic E-state index is 0.295. The molecule has 1 saturated heterocycles. The van der Waals surface area contributed by atoms with Gasteiger partial charge >= 0.3 is 0 Å². The average Bonchev–Trinajstić information content (AvgIpc) is 2.39. The molecule has 1 aromatic rings. The first-order chi connectivity index (χ1) is 8.70. The van der Waals surface area contributed by atoms with Crippen LogP contribution in [0.25, 0.3) is 0 Å². The van der Waals surface area contributed by atoms with Crippen LogP contribution >= 0.6 is 0 Å². The smallest absolute Gasteiger partial charge is 0.119 e. The van der Waals surface area contributed by atoms with Gasteiger partial charge in [0.05, 0.1) is 13.2 Å². The number of aliphatic hydroxyl groups excluding tert-OH is 1. The number of hydrogen-bond donors (Lipinski definition) is 1. The number of aliphatic hydroxyl groups is 1. The Kier molecular flexibility index (Phi) is 4.61. The van der Waals surface area contributed by atoms with Crippen LogP contribution in [0.15, 0.2) is 24.3 Å². The zero-order chi connectivity index (χ0) is 13.0. The van der Waals surface area contributed by atoms with E-state index in [1.807, 2.05) is 24.3 Å². The Labute approximate surface area is 109 Å². The summed E-state index contributed by atoms with van der Waals surface area (Å²) in [6.07, 6.45) is 1.34. The Bertz CT molecular complexity index is 378. The van der Waals surface area contributed by atoms with Gasteiger partial charge in [-0.2, -0.15) is 0 Å². The van der Waals surface area contributed by atoms with Gasteiger partial charge in [-0.3, -0.25) is 0 Å². The predicted molar refractivity (Wildman–Crippen MR) is 70.8 cm³/mol. The van der Waals surface area contributed by atoms with E-state index in [9.17, 15) is 5.11 Å². The fourth-order valence-electron chi connectivity index (χ4n) is 2.66. The molecule has 1 aromatic carbocycles. The molecule has 3 heteroatoms. The molecule has 1 heterocycles. The van der Waals surface area contributed by atoms with E-state index in [1.165, 1.54) is 0 Å². The second kappa shape index (κ2) is 6.21. The topological polar surface area (TPSA) is 38.7 Å². The zero-order valence-electron chi connectivity index (χ0n) is 11.1. The largest absolute Gasteiger partial charge is 0.497 e. The first kappa shape index (κ1) is 13.4. The summed E-state index contributed by atoms with van der Waals surface area (Å²) < 4.78 is 10.6. The molecule has 0 saturated carbocycles. The van der Waals surface area contributed by atoms with Gasteiger partial charge in [-0.1, -0.05) is 19.1 Å². The van der Waals surface area contributed by atoms with E-state index >= 15 is 0 Å². The molecule has 1 aliphatic heterocycles. The first-order valence-electron chi connectivity index (χ1n) is 6.59. The van der Waals surface area contributed by atoms with Gasteiger partial charge in [0.25, 0.3) is 0 Å². The highest BCUT2D eigenvalue weighted by Gasteiger charge is 2.28. The number of rotatable bonds is 4. The Balaban J connectivity index is 1.98. The number of hydrogen-bond acceptors (Lipinski definition) is 3. The number of ether oxygens (including phenoxy) is 2. The van der Waals surface area contributed by atoms with Crippen LogP contribution in [0.3, 0.4) is 0 Å². The van der Waals surface area contributed by atoms with Crippen LogP contribution in [0.2, 0.25) is 0 Å². The van der Waals surface area contributed by atoms with Crippen molar-refractivity contribution >= 4 is 0 Å². The molecular weight excluding hydrogens is 228 g/mol. The van der Waals surface area contributed by atoms with E-state index in [0.717, 1.165) is 30.9 Å². The Hall–Kier alpha value is -1.06. The van der Waals surface area contributed by atoms with E-state index in [4.69, 9.17) is 9.47 Å². The molecule has 3 atom stereocenters. The van der Waals surface area contributed by atoms with E-state index in [1.54, 1.807) is 7.11 Å². The lowest BCUT2D eigenvalue weighted by molar-refractivity contribution is -0.0294. The number of methoxy groups -OCH3 is 1. The van der Waals surface area contributed by atoms with Gasteiger partial charge in [0.1, 0.15) is 5.75 Å². The molecule has 18 heavy (non-hydrogen) atoms. The maximum atomic E-state index is 10.4. The third-order valence-corrected chi connectivity index (χ3v) is 3.78. The Morgan fingerprint density at radius 2 is 2.33 bits per heavy atom. The first-order valence-corrected chi connectivity index (χ1v) is 6.59. The van der Waals surface area contributed by atoms with Crippen LogP contribution in [0, 0.1) is 11.8 Å². The average molecular weight is 250 g/mol. The van der Waals surface area contributed by atoms with Crippen LogP contribution in [-0.4, -0.2) is 31.5 Å². The summed E-state index contributed by atoms with van der Waals surface area (Å²) in [6, 6.07) is 7.92. The van der Waals surface area contributed by atoms with Crippen molar-refractivity contribution in [2.45, 2.75) is 25.9 Å². The van der Waals surface area contributed by atoms with E-state index < -0.39 is 0 Å². The van der Waals surface area contributed by atoms with Crippen LogP contribution in [0.4, 0.5) is 0 Å². The van der Waals surface area contributed by atoms with E-state index in [-0.39, 0.29) is 6.10 Å². The molecule has 3 unspecified atom stereocenters. The van der Waals surface area contributed by atoms with Gasteiger partial charge < -0.3 is 14.6 Å². The maximum Gasteiger partial charge on any atom is 0.119 e. The normalized spacial score (nSPS) is 25.7. The molecule has 100 valence electrons. The second-order valence-corrected chi connectivity index (χ2v) is 5.13. The maximum absolute atomic E-state index is 10.4. The number of benzene rings is 1. The molecule has 0 bridgehead atoms. The van der Waals surface area contributed by atoms with Crippen molar-refractivity contribution < 1.29 is 14.6 Å². The third-order valence-electron chi connectivity index (χ3n) is 3.78. The van der Waals surface area contributed by atoms with Crippen LogP contribution in [0.1, 0.15) is 18.9 Å². The summed E-state index contributed by atoms with van der Waals surface area (Å²) in [4.78, 5) is 0. The minimum Gasteiger partial charge on any atom is -0.497 e. The summed E-state index contributed by atoms with van der Waals surface area (Å²) in [6.45, 7) is 3.68. The van der Waals surface area contributed by atoms with Gasteiger partial charge in [-0.05, 0) is 42.4 Å². The third kappa shape index (κ3) is 3.24. The highest BCUT2D eigenvalue weighted by molar-refractivity contribution is 5.28. The summed E-state index contributed by atoms with van der Waals surface area (Å²) in [7, 11) is 1.66. The van der Waals surface area contributed by atoms with Crippen LogP contribution < -0.4 is 4.74 Å². The summed E-state index contributed by atoms with van der Waals surface area (Å²) in [5.41, 5.74) is 1.13. The molecule has 1 fully saturated rings. The Morgan fingerprint density at radius 1 is 1.50 bits per heavy atom. The summed E-state index contributed by atoms with van der Waals surface area (Å²) in [5.74, 6) is 1.61. The van der Waals surface area contributed by atoms with Gasteiger partial charge in [-0.15, -0.1) is 0 Å². The van der Waals surface area contributed by atoms with Crippen molar-refractivity contribution in [2.24, 2.45) is 11.8 Å². The quantitative estimate of drug-likeness (QED) is 0.891. The lowest BCUT2D eigenvalue weighted by Gasteiger charge is -2.32. The zero-order valence-corrected chi connectivity index (χ0v) is 11.1. The second-order valence-electron chi connectivity index (χ2n) is 5.13. The van der Waals surface area contributed by atoms with Crippen molar-refractivity contribution in [2.75, 3.05) is 20.3 Å². The molecule has 1 aliphatic rings. The van der Waals surface area contributed by atoms with Crippen molar-refractivity contribution in [1.29, 1.82) is 0 Å². The van der Waals surface area contributed by atoms with E-state index in [0.29, 0.717) is 18.3 Å². The minimum atomic E-state index is -0.295. The molecule has 0 amide bonds.